The second kappa shape index (κ2) is 10.4. The van der Waals surface area contributed by atoms with Crippen LogP contribution in [-0.4, -0.2) is 93.9 Å². The first-order chi connectivity index (χ1) is 20.0. The molecule has 7 rings (SSSR count). The lowest BCUT2D eigenvalue weighted by Gasteiger charge is -2.49. The topological polar surface area (TPSA) is 138 Å². The van der Waals surface area contributed by atoms with Gasteiger partial charge in [-0.3, -0.25) is 4.79 Å². The molecule has 2 saturated carbocycles. The smallest absolute Gasteiger partial charge is 0.186 e. The summed E-state index contributed by atoms with van der Waals surface area (Å²) >= 11 is 0. The number of allylic oxidation sites excluding steroid dienone is 2. The van der Waals surface area contributed by atoms with E-state index in [1.54, 1.807) is 0 Å². The molecule has 0 unspecified atom stereocenters. The molecular formula is C33H49NO8. The van der Waals surface area contributed by atoms with E-state index in [4.69, 9.17) is 14.2 Å². The maximum atomic E-state index is 14.5. The third-order valence-corrected chi connectivity index (χ3v) is 12.8. The maximum absolute atomic E-state index is 14.5. The van der Waals surface area contributed by atoms with Crippen molar-refractivity contribution >= 4 is 5.78 Å². The van der Waals surface area contributed by atoms with Gasteiger partial charge < -0.3 is 40.0 Å². The molecule has 7 aliphatic rings. The van der Waals surface area contributed by atoms with Gasteiger partial charge in [-0.1, -0.05) is 32.4 Å². The average molecular weight is 588 g/mol. The molecule has 3 aliphatic heterocycles. The Morgan fingerprint density at radius 1 is 1.12 bits per heavy atom. The standard InChI is InChI=1S/C33H49NO8/c1-15-11-22-26(34-13-15)17(3)33(42-22)10-8-20-21-6-5-18-12-19(40-31-30(39)29(38)27(36)23(14-35)41-31)7-9-32(18,4)25(21)28(37)24(20)16(33)2/h5,15,17,19-23,25-27,29-31,34-36,38-39H,6-14H2,1-4H3/t15-,17+,19-,20-,21-,22+,23+,25+,26-,27+,29-,30+,31+,32-,33-/m0/s1. The molecule has 5 N–H and O–H groups in total. The van der Waals surface area contributed by atoms with E-state index in [2.05, 4.69) is 39.1 Å². The SMILES string of the molecule is CC1=C2C(=O)[C@H]3[C@@H](CC=C4C[C@@H](O[C@@H]5O[C@H](CO)[C@@H](O)[C@H](O)[C@H]5O)CC[C@@]43C)[C@@H]2CC[C@]12O[C@@H]1C[C@H](C)CN[C@H]1[C@H]2C. The van der Waals surface area contributed by atoms with E-state index >= 15 is 0 Å². The predicted octanol–water partition coefficient (Wildman–Crippen LogP) is 2.01. The minimum Gasteiger partial charge on any atom is -0.394 e. The number of aliphatic hydroxyl groups is 4. The number of hydrogen-bond donors (Lipinski definition) is 5. The van der Waals surface area contributed by atoms with Crippen LogP contribution in [-0.2, 0) is 19.0 Å². The number of aliphatic hydroxyl groups excluding tert-OH is 4. The molecule has 0 aromatic rings. The molecule has 15 atom stereocenters. The van der Waals surface area contributed by atoms with Crippen LogP contribution < -0.4 is 5.32 Å². The van der Waals surface area contributed by atoms with E-state index in [9.17, 15) is 25.2 Å². The molecule has 1 spiro atoms. The quantitative estimate of drug-likeness (QED) is 0.314. The third-order valence-electron chi connectivity index (χ3n) is 12.8. The minimum absolute atomic E-state index is 0.0482. The number of piperidine rings is 1. The van der Waals surface area contributed by atoms with E-state index < -0.39 is 37.3 Å². The van der Waals surface area contributed by atoms with Crippen molar-refractivity contribution in [2.24, 2.45) is 35.0 Å². The lowest BCUT2D eigenvalue weighted by molar-refractivity contribution is -0.312. The Labute approximate surface area is 248 Å². The molecule has 0 aromatic heterocycles. The summed E-state index contributed by atoms with van der Waals surface area (Å²) in [6.45, 7) is 9.60. The highest BCUT2D eigenvalue weighted by atomic mass is 16.7. The molecule has 4 aliphatic carbocycles. The molecule has 0 bridgehead atoms. The molecule has 9 heteroatoms. The fourth-order valence-electron chi connectivity index (χ4n) is 10.4. The third kappa shape index (κ3) is 4.14. The van der Waals surface area contributed by atoms with Gasteiger partial charge >= 0.3 is 0 Å². The van der Waals surface area contributed by atoms with Crippen LogP contribution in [0.5, 0.6) is 0 Å². The van der Waals surface area contributed by atoms with Crippen molar-refractivity contribution in [2.45, 2.75) is 127 Å². The van der Waals surface area contributed by atoms with Gasteiger partial charge in [-0.05, 0) is 87.2 Å². The van der Waals surface area contributed by atoms with Crippen molar-refractivity contribution < 1.29 is 39.4 Å². The van der Waals surface area contributed by atoms with Crippen LogP contribution in [0.3, 0.4) is 0 Å². The zero-order valence-corrected chi connectivity index (χ0v) is 25.4. The van der Waals surface area contributed by atoms with E-state index in [1.807, 2.05) is 0 Å². The lowest BCUT2D eigenvalue weighted by atomic mass is 9.56. The van der Waals surface area contributed by atoms with Gasteiger partial charge in [0.15, 0.2) is 12.1 Å². The Balaban J connectivity index is 1.11. The van der Waals surface area contributed by atoms with E-state index in [0.717, 1.165) is 44.2 Å². The number of rotatable bonds is 3. The molecule has 0 aromatic carbocycles. The van der Waals surface area contributed by atoms with Gasteiger partial charge in [-0.15, -0.1) is 0 Å². The number of carbonyl (C=O) groups excluding carboxylic acids is 1. The highest BCUT2D eigenvalue weighted by Crippen LogP contribution is 2.64. The first-order valence-corrected chi connectivity index (χ1v) is 16.3. The van der Waals surface area contributed by atoms with Gasteiger partial charge in [0.2, 0.25) is 0 Å². The second-order valence-corrected chi connectivity index (χ2v) is 14.9. The van der Waals surface area contributed by atoms with Crippen LogP contribution in [0.25, 0.3) is 0 Å². The van der Waals surface area contributed by atoms with Crippen LogP contribution in [0.1, 0.15) is 72.6 Å². The second-order valence-electron chi connectivity index (χ2n) is 14.9. The Kier molecular flexibility index (Phi) is 7.34. The molecular weight excluding hydrogens is 538 g/mol. The van der Waals surface area contributed by atoms with Gasteiger partial charge in [0.05, 0.1) is 24.4 Å². The van der Waals surface area contributed by atoms with Gasteiger partial charge in [-0.25, -0.2) is 0 Å². The average Bonchev–Trinajstić information content (AvgIpc) is 3.42. The van der Waals surface area contributed by atoms with E-state index in [1.165, 1.54) is 11.1 Å². The summed E-state index contributed by atoms with van der Waals surface area (Å²) in [6.07, 6.45) is 1.93. The molecule has 9 nitrogen and oxygen atoms in total. The van der Waals surface area contributed by atoms with Crippen molar-refractivity contribution in [3.63, 3.8) is 0 Å². The van der Waals surface area contributed by atoms with Gasteiger partial charge in [0.1, 0.15) is 24.4 Å². The van der Waals surface area contributed by atoms with E-state index in [-0.39, 0.29) is 35.1 Å². The summed E-state index contributed by atoms with van der Waals surface area (Å²) in [5, 5.41) is 44.2. The van der Waals surface area contributed by atoms with E-state index in [0.29, 0.717) is 42.4 Å². The molecule has 0 amide bonds. The van der Waals surface area contributed by atoms with Crippen LogP contribution >= 0.6 is 0 Å². The summed E-state index contributed by atoms with van der Waals surface area (Å²) in [4.78, 5) is 14.5. The minimum atomic E-state index is -1.46. The number of carbonyl (C=O) groups is 1. The molecule has 5 fully saturated rings. The number of ether oxygens (including phenoxy) is 3. The first-order valence-electron chi connectivity index (χ1n) is 16.3. The van der Waals surface area contributed by atoms with Crippen LogP contribution in [0.2, 0.25) is 0 Å². The van der Waals surface area contributed by atoms with Crippen molar-refractivity contribution in [1.29, 1.82) is 0 Å². The van der Waals surface area contributed by atoms with Crippen LogP contribution in [0.4, 0.5) is 0 Å². The maximum Gasteiger partial charge on any atom is 0.186 e. The lowest BCUT2D eigenvalue weighted by Crippen LogP contribution is -2.60. The molecule has 42 heavy (non-hydrogen) atoms. The van der Waals surface area contributed by atoms with Crippen molar-refractivity contribution in [3.8, 4) is 0 Å². The highest BCUT2D eigenvalue weighted by molar-refractivity contribution is 6.02. The summed E-state index contributed by atoms with van der Waals surface area (Å²) in [7, 11) is 0. The van der Waals surface area contributed by atoms with Crippen LogP contribution in [0.15, 0.2) is 22.8 Å². The molecule has 3 heterocycles. The van der Waals surface area contributed by atoms with Gasteiger partial charge in [0.25, 0.3) is 0 Å². The fraction of sp³-hybridized carbons (Fsp3) is 0.848. The zero-order valence-electron chi connectivity index (χ0n) is 25.4. The Bertz CT molecular complexity index is 1170. The Morgan fingerprint density at radius 3 is 2.67 bits per heavy atom. The fourth-order valence-corrected chi connectivity index (χ4v) is 10.4. The summed E-state index contributed by atoms with van der Waals surface area (Å²) in [6, 6.07) is 0.344. The number of ketones is 1. The monoisotopic (exact) mass is 587 g/mol. The summed E-state index contributed by atoms with van der Waals surface area (Å²) < 4.78 is 18.8. The Hall–Kier alpha value is -1.17. The zero-order chi connectivity index (χ0) is 29.7. The summed E-state index contributed by atoms with van der Waals surface area (Å²) in [5.41, 5.74) is 2.89. The number of nitrogens with one attached hydrogen (secondary N) is 1. The molecule has 3 saturated heterocycles. The normalized spacial score (nSPS) is 53.9. The van der Waals surface area contributed by atoms with Crippen molar-refractivity contribution in [1.82, 2.24) is 5.32 Å². The number of fused-ring (bicyclic) bond motifs is 6. The number of hydrogen-bond acceptors (Lipinski definition) is 9. The molecule has 0 radical (unpaired) electrons. The highest BCUT2D eigenvalue weighted by Gasteiger charge is 2.63. The van der Waals surface area contributed by atoms with Crippen molar-refractivity contribution in [2.75, 3.05) is 13.2 Å². The van der Waals surface area contributed by atoms with Gasteiger partial charge in [0, 0.05) is 23.5 Å². The predicted molar refractivity (Wildman–Crippen MR) is 153 cm³/mol. The largest absolute Gasteiger partial charge is 0.394 e. The van der Waals surface area contributed by atoms with Crippen molar-refractivity contribution in [3.05, 3.63) is 22.8 Å². The summed E-state index contributed by atoms with van der Waals surface area (Å²) in [5.74, 6) is 1.81. The van der Waals surface area contributed by atoms with Crippen LogP contribution in [0, 0.1) is 35.0 Å². The Morgan fingerprint density at radius 2 is 1.90 bits per heavy atom. The van der Waals surface area contributed by atoms with Gasteiger partial charge in [-0.2, -0.15) is 0 Å². The first kappa shape index (κ1) is 29.5. The number of Topliss-reactive ketones (excluding diaryl/α,β-unsaturated/α-hetero) is 1. The molecule has 234 valence electrons.